The minimum atomic E-state index is 0.0291. The number of amides is 1. The van der Waals surface area contributed by atoms with Gasteiger partial charge in [0.05, 0.1) is 6.04 Å². The average molecular weight is 284 g/mol. The van der Waals surface area contributed by atoms with Crippen molar-refractivity contribution in [2.45, 2.75) is 6.04 Å². The van der Waals surface area contributed by atoms with Crippen molar-refractivity contribution in [2.24, 2.45) is 0 Å². The van der Waals surface area contributed by atoms with Crippen molar-refractivity contribution in [1.29, 1.82) is 0 Å². The molecule has 2 saturated heterocycles. The number of hydrogen-bond acceptors (Lipinski definition) is 6. The fourth-order valence-corrected chi connectivity index (χ4v) is 3.89. The van der Waals surface area contributed by atoms with E-state index in [4.69, 9.17) is 0 Å². The molecule has 98 valence electrons. The largest absolute Gasteiger partial charge is 0.345 e. The molecule has 1 atom stereocenters. The molecule has 2 aliphatic rings. The molecule has 0 aromatic carbocycles. The highest BCUT2D eigenvalue weighted by Gasteiger charge is 2.29. The van der Waals surface area contributed by atoms with Gasteiger partial charge in [0.1, 0.15) is 0 Å². The van der Waals surface area contributed by atoms with E-state index in [1.165, 1.54) is 0 Å². The molecule has 3 rings (SSSR count). The van der Waals surface area contributed by atoms with E-state index in [0.717, 1.165) is 42.9 Å². The van der Waals surface area contributed by atoms with Crippen LogP contribution in [0.3, 0.4) is 0 Å². The van der Waals surface area contributed by atoms with E-state index in [1.807, 2.05) is 16.5 Å². The number of anilines is 1. The molecule has 0 saturated carbocycles. The molecule has 2 aliphatic heterocycles. The van der Waals surface area contributed by atoms with Crippen LogP contribution in [0.1, 0.15) is 0 Å². The number of thioether (sulfide) groups is 1. The van der Waals surface area contributed by atoms with Gasteiger partial charge in [-0.15, -0.1) is 23.1 Å². The van der Waals surface area contributed by atoms with Gasteiger partial charge < -0.3 is 9.80 Å². The molecule has 7 heteroatoms. The first-order chi connectivity index (χ1) is 8.84. The number of piperazine rings is 1. The first-order valence-corrected chi connectivity index (χ1v) is 8.12. The number of hydrogen-bond donors (Lipinski definition) is 1. The Morgan fingerprint density at radius 1 is 1.39 bits per heavy atom. The zero-order valence-electron chi connectivity index (χ0n) is 10.0. The third-order valence-corrected chi connectivity index (χ3v) is 5.07. The van der Waals surface area contributed by atoms with Gasteiger partial charge in [0.15, 0.2) is 5.13 Å². The van der Waals surface area contributed by atoms with Crippen LogP contribution in [0.15, 0.2) is 11.6 Å². The highest BCUT2D eigenvalue weighted by Crippen LogP contribution is 2.20. The smallest absolute Gasteiger partial charge is 0.240 e. The lowest BCUT2D eigenvalue weighted by Crippen LogP contribution is -2.53. The van der Waals surface area contributed by atoms with Crippen LogP contribution in [0.2, 0.25) is 0 Å². The summed E-state index contributed by atoms with van der Waals surface area (Å²) in [5.41, 5.74) is 0. The SMILES string of the molecule is O=C(C1CSCN1)N1CCN(c2nccs2)CC1. The maximum Gasteiger partial charge on any atom is 0.240 e. The number of thiazole rings is 1. The Morgan fingerprint density at radius 2 is 2.22 bits per heavy atom. The third-order valence-electron chi connectivity index (χ3n) is 3.30. The highest BCUT2D eigenvalue weighted by atomic mass is 32.2. The Kier molecular flexibility index (Phi) is 3.72. The molecule has 0 aliphatic carbocycles. The van der Waals surface area contributed by atoms with Gasteiger partial charge in [-0.2, -0.15) is 0 Å². The van der Waals surface area contributed by atoms with E-state index < -0.39 is 0 Å². The van der Waals surface area contributed by atoms with E-state index >= 15 is 0 Å². The van der Waals surface area contributed by atoms with Crippen LogP contribution >= 0.6 is 23.1 Å². The Labute approximate surface area is 115 Å². The van der Waals surface area contributed by atoms with E-state index in [0.29, 0.717) is 0 Å². The van der Waals surface area contributed by atoms with Crippen LogP contribution in [0, 0.1) is 0 Å². The molecular weight excluding hydrogens is 268 g/mol. The maximum atomic E-state index is 12.2. The van der Waals surface area contributed by atoms with Crippen LogP contribution in [0.25, 0.3) is 0 Å². The normalized spacial score (nSPS) is 24.6. The monoisotopic (exact) mass is 284 g/mol. The minimum Gasteiger partial charge on any atom is -0.345 e. The second-order valence-electron chi connectivity index (χ2n) is 4.40. The lowest BCUT2D eigenvalue weighted by molar-refractivity contribution is -0.132. The highest BCUT2D eigenvalue weighted by molar-refractivity contribution is 7.99. The average Bonchev–Trinajstić information content (AvgIpc) is 3.11. The van der Waals surface area contributed by atoms with Crippen molar-refractivity contribution in [3.63, 3.8) is 0 Å². The lowest BCUT2D eigenvalue weighted by Gasteiger charge is -2.35. The first kappa shape index (κ1) is 12.3. The summed E-state index contributed by atoms with van der Waals surface area (Å²) in [5.74, 6) is 2.07. The summed E-state index contributed by atoms with van der Waals surface area (Å²) in [6.45, 7) is 3.39. The van der Waals surface area contributed by atoms with Crippen LogP contribution in [0.4, 0.5) is 5.13 Å². The second kappa shape index (κ2) is 5.46. The molecule has 1 aromatic heterocycles. The molecule has 1 aromatic rings. The maximum absolute atomic E-state index is 12.2. The number of carbonyl (C=O) groups excluding carboxylic acids is 1. The number of aromatic nitrogens is 1. The molecule has 1 N–H and O–H groups in total. The Balaban J connectivity index is 1.55. The van der Waals surface area contributed by atoms with Crippen molar-refractivity contribution >= 4 is 34.1 Å². The quantitative estimate of drug-likeness (QED) is 0.855. The molecule has 2 fully saturated rings. The van der Waals surface area contributed by atoms with Crippen molar-refractivity contribution in [1.82, 2.24) is 15.2 Å². The van der Waals surface area contributed by atoms with Gasteiger partial charge in [0.2, 0.25) is 5.91 Å². The van der Waals surface area contributed by atoms with Crippen LogP contribution in [-0.4, -0.2) is 59.6 Å². The molecule has 5 nitrogen and oxygen atoms in total. The third kappa shape index (κ3) is 2.48. The van der Waals surface area contributed by atoms with E-state index in [-0.39, 0.29) is 11.9 Å². The first-order valence-electron chi connectivity index (χ1n) is 6.09. The molecule has 1 unspecified atom stereocenters. The van der Waals surface area contributed by atoms with Crippen molar-refractivity contribution < 1.29 is 4.79 Å². The van der Waals surface area contributed by atoms with Gasteiger partial charge in [-0.1, -0.05) is 0 Å². The van der Waals surface area contributed by atoms with Crippen molar-refractivity contribution in [3.05, 3.63) is 11.6 Å². The van der Waals surface area contributed by atoms with E-state index in [2.05, 4.69) is 15.2 Å². The molecular formula is C11H16N4OS2. The van der Waals surface area contributed by atoms with Gasteiger partial charge in [0, 0.05) is 49.4 Å². The second-order valence-corrected chi connectivity index (χ2v) is 6.30. The summed E-state index contributed by atoms with van der Waals surface area (Å²) in [4.78, 5) is 20.8. The summed E-state index contributed by atoms with van der Waals surface area (Å²) in [7, 11) is 0. The fourth-order valence-electron chi connectivity index (χ4n) is 2.26. The zero-order chi connectivity index (χ0) is 12.4. The Morgan fingerprint density at radius 3 is 2.83 bits per heavy atom. The molecule has 0 radical (unpaired) electrons. The predicted molar refractivity (Wildman–Crippen MR) is 75.2 cm³/mol. The van der Waals surface area contributed by atoms with Gasteiger partial charge >= 0.3 is 0 Å². The molecule has 3 heterocycles. The Hall–Kier alpha value is -0.790. The van der Waals surface area contributed by atoms with Gasteiger partial charge in [-0.25, -0.2) is 4.98 Å². The summed E-state index contributed by atoms with van der Waals surface area (Å²) in [6, 6.07) is 0.0291. The summed E-state index contributed by atoms with van der Waals surface area (Å²) < 4.78 is 0. The van der Waals surface area contributed by atoms with Crippen molar-refractivity contribution in [3.8, 4) is 0 Å². The topological polar surface area (TPSA) is 48.5 Å². The molecule has 1 amide bonds. The zero-order valence-corrected chi connectivity index (χ0v) is 11.7. The number of nitrogens with one attached hydrogen (secondary N) is 1. The van der Waals surface area contributed by atoms with Crippen LogP contribution in [-0.2, 0) is 4.79 Å². The lowest BCUT2D eigenvalue weighted by atomic mass is 10.2. The van der Waals surface area contributed by atoms with E-state index in [9.17, 15) is 4.79 Å². The summed E-state index contributed by atoms with van der Waals surface area (Å²) >= 11 is 3.46. The van der Waals surface area contributed by atoms with Crippen LogP contribution < -0.4 is 10.2 Å². The number of rotatable bonds is 2. The van der Waals surface area contributed by atoms with Gasteiger partial charge in [0.25, 0.3) is 0 Å². The van der Waals surface area contributed by atoms with E-state index in [1.54, 1.807) is 23.1 Å². The number of nitrogens with zero attached hydrogens (tertiary/aromatic N) is 3. The number of carbonyl (C=O) groups is 1. The molecule has 0 spiro atoms. The summed E-state index contributed by atoms with van der Waals surface area (Å²) in [5, 5.41) is 6.30. The predicted octanol–water partition coefficient (Wildman–Crippen LogP) is 0.454. The fraction of sp³-hybridized carbons (Fsp3) is 0.636. The minimum absolute atomic E-state index is 0.0291. The van der Waals surface area contributed by atoms with Crippen LogP contribution in [0.5, 0.6) is 0 Å². The Bertz CT molecular complexity index is 397. The molecule has 0 bridgehead atoms. The van der Waals surface area contributed by atoms with Gasteiger partial charge in [-0.3, -0.25) is 10.1 Å². The molecule has 18 heavy (non-hydrogen) atoms. The standard InChI is InChI=1S/C11H16N4OS2/c16-10(9-7-17-8-13-9)14-2-4-15(5-3-14)11-12-1-6-18-11/h1,6,9,13H,2-5,7-8H2. The summed E-state index contributed by atoms with van der Waals surface area (Å²) in [6.07, 6.45) is 1.83. The van der Waals surface area contributed by atoms with Crippen molar-refractivity contribution in [2.75, 3.05) is 42.7 Å². The van der Waals surface area contributed by atoms with Gasteiger partial charge in [-0.05, 0) is 0 Å².